The molecule has 5 fully saturated rings. The Morgan fingerprint density at radius 2 is 1.41 bits per heavy atom. The van der Waals surface area contributed by atoms with Crippen molar-refractivity contribution in [2.45, 2.75) is 178 Å². The fourth-order valence-electron chi connectivity index (χ4n) is 10.5. The third kappa shape index (κ3) is 9.07. The van der Waals surface area contributed by atoms with E-state index in [1.54, 1.807) is 0 Å². The van der Waals surface area contributed by atoms with Crippen LogP contribution in [0.5, 0.6) is 0 Å². The average molecular weight is 779 g/mol. The molecule has 16 nitrogen and oxygen atoms in total. The number of hydrogen-bond acceptors (Lipinski definition) is 16. The van der Waals surface area contributed by atoms with E-state index in [2.05, 4.69) is 20.8 Å². The lowest BCUT2D eigenvalue weighted by Gasteiger charge is -2.60. The van der Waals surface area contributed by atoms with Crippen LogP contribution < -0.4 is 0 Å². The number of rotatable bonds is 12. The molecule has 54 heavy (non-hydrogen) atoms. The molecule has 11 N–H and O–H groups in total. The monoisotopic (exact) mass is 778 g/mol. The van der Waals surface area contributed by atoms with Gasteiger partial charge in [0.05, 0.1) is 19.3 Å². The van der Waals surface area contributed by atoms with Crippen LogP contribution in [0.1, 0.15) is 97.8 Å². The summed E-state index contributed by atoms with van der Waals surface area (Å²) in [5, 5.41) is 116. The molecule has 0 bridgehead atoms. The van der Waals surface area contributed by atoms with Crippen molar-refractivity contribution in [2.24, 2.45) is 28.6 Å². The Kier molecular flexibility index (Phi) is 15.1. The standard InChI is InChI=1S/C38H66O16/c1-19-7-6-14-38(3)21(19)11-15-37(2)13-5-4-8-20(9-10-25(37)38)50-34(49)32(26(43)22(42)12-16-39)53-36-33(30(47)28(45)24(18-41)52-36)54-35-31(48)29(46)27(44)23(17-40)51-35/h19-25,27-31,33-36,39-49H,4-18H2,1-3H3/b32-26+/t19-,20?,21?,22?,23?,24?,25+,27?,28?,29?,30?,31?,33?,34?,35?,36?,37-,38+/m0/s1. The molecule has 18 atom stereocenters. The van der Waals surface area contributed by atoms with Crippen molar-refractivity contribution in [3.63, 3.8) is 0 Å². The first-order chi connectivity index (χ1) is 25.6. The topological polar surface area (TPSA) is 269 Å². The lowest BCUT2D eigenvalue weighted by Crippen LogP contribution is -2.64. The van der Waals surface area contributed by atoms with E-state index in [1.807, 2.05) is 0 Å². The van der Waals surface area contributed by atoms with Gasteiger partial charge < -0.3 is 79.9 Å². The van der Waals surface area contributed by atoms with Gasteiger partial charge in [-0.3, -0.25) is 0 Å². The van der Waals surface area contributed by atoms with Gasteiger partial charge >= 0.3 is 0 Å². The first-order valence-corrected chi connectivity index (χ1v) is 19.9. The summed E-state index contributed by atoms with van der Waals surface area (Å²) in [6.45, 7) is 5.13. The molecule has 0 aromatic heterocycles. The van der Waals surface area contributed by atoms with Gasteiger partial charge in [-0.1, -0.05) is 46.5 Å². The minimum Gasteiger partial charge on any atom is -0.506 e. The van der Waals surface area contributed by atoms with Crippen molar-refractivity contribution in [1.82, 2.24) is 0 Å². The van der Waals surface area contributed by atoms with E-state index in [1.165, 1.54) is 32.1 Å². The molecular formula is C38H66O16. The minimum atomic E-state index is -2.01. The molecule has 0 aromatic carbocycles. The van der Waals surface area contributed by atoms with Gasteiger partial charge in [-0.25, -0.2) is 0 Å². The summed E-state index contributed by atoms with van der Waals surface area (Å²) in [5.41, 5.74) is 0.363. The van der Waals surface area contributed by atoms with Crippen molar-refractivity contribution in [3.8, 4) is 0 Å². The van der Waals surface area contributed by atoms with Crippen LogP contribution >= 0.6 is 0 Å². The maximum absolute atomic E-state index is 11.6. The molecule has 0 amide bonds. The summed E-state index contributed by atoms with van der Waals surface area (Å²) < 4.78 is 29.0. The molecule has 16 heteroatoms. The Labute approximate surface area is 317 Å². The fourth-order valence-corrected chi connectivity index (χ4v) is 10.5. The number of aliphatic hydroxyl groups excluding tert-OH is 11. The van der Waals surface area contributed by atoms with Crippen LogP contribution in [0.2, 0.25) is 0 Å². The highest BCUT2D eigenvalue weighted by Gasteiger charge is 2.56. The molecule has 0 aromatic rings. The van der Waals surface area contributed by atoms with E-state index in [-0.39, 0.29) is 17.3 Å². The molecule has 314 valence electrons. The Bertz CT molecular complexity index is 1220. The van der Waals surface area contributed by atoms with Crippen molar-refractivity contribution in [2.75, 3.05) is 19.8 Å². The van der Waals surface area contributed by atoms with E-state index < -0.39 is 111 Å². The van der Waals surface area contributed by atoms with Crippen LogP contribution in [0.4, 0.5) is 0 Å². The molecule has 2 aliphatic heterocycles. The normalized spacial score (nSPS) is 46.5. The van der Waals surface area contributed by atoms with Crippen molar-refractivity contribution in [3.05, 3.63) is 11.5 Å². The number of fused-ring (bicyclic) bond motifs is 3. The molecule has 5 aliphatic rings. The first-order valence-electron chi connectivity index (χ1n) is 19.9. The van der Waals surface area contributed by atoms with Crippen molar-refractivity contribution in [1.29, 1.82) is 0 Å². The fraction of sp³-hybridized carbons (Fsp3) is 0.947. The summed E-state index contributed by atoms with van der Waals surface area (Å²) in [6.07, 6.45) is -11.2. The smallest absolute Gasteiger partial charge is 0.229 e. The zero-order valence-electron chi connectivity index (χ0n) is 31.8. The largest absolute Gasteiger partial charge is 0.506 e. The lowest BCUT2D eigenvalue weighted by molar-refractivity contribution is -0.366. The Morgan fingerprint density at radius 3 is 2.07 bits per heavy atom. The van der Waals surface area contributed by atoms with Gasteiger partial charge in [0.25, 0.3) is 0 Å². The molecule has 3 saturated carbocycles. The van der Waals surface area contributed by atoms with Crippen LogP contribution in [-0.2, 0) is 23.7 Å². The molecule has 0 spiro atoms. The molecule has 2 heterocycles. The number of hydrogen-bond donors (Lipinski definition) is 11. The van der Waals surface area contributed by atoms with Crippen LogP contribution in [-0.4, -0.2) is 156 Å². The second kappa shape index (κ2) is 18.6. The first kappa shape index (κ1) is 43.9. The van der Waals surface area contributed by atoms with E-state index in [0.29, 0.717) is 30.6 Å². The Balaban J connectivity index is 1.39. The quantitative estimate of drug-likeness (QED) is 0.0924. The number of ether oxygens (including phenoxy) is 5. The van der Waals surface area contributed by atoms with E-state index in [9.17, 15) is 56.2 Å². The second-order valence-corrected chi connectivity index (χ2v) is 17.1. The molecule has 5 rings (SSSR count). The van der Waals surface area contributed by atoms with Crippen LogP contribution in [0.3, 0.4) is 0 Å². The predicted octanol–water partition coefficient (Wildman–Crippen LogP) is 0.0566. The van der Waals surface area contributed by atoms with Crippen LogP contribution in [0.15, 0.2) is 11.5 Å². The zero-order chi connectivity index (χ0) is 39.5. The van der Waals surface area contributed by atoms with Gasteiger partial charge in [0.2, 0.25) is 12.6 Å². The van der Waals surface area contributed by atoms with Gasteiger partial charge in [0.15, 0.2) is 23.9 Å². The Hall–Kier alpha value is -1.22. The van der Waals surface area contributed by atoms with Crippen LogP contribution in [0.25, 0.3) is 0 Å². The second-order valence-electron chi connectivity index (χ2n) is 17.1. The van der Waals surface area contributed by atoms with Crippen molar-refractivity contribution < 1.29 is 79.9 Å². The van der Waals surface area contributed by atoms with Gasteiger partial charge in [-0.05, 0) is 73.5 Å². The third-order valence-corrected chi connectivity index (χ3v) is 13.6. The molecule has 0 radical (unpaired) electrons. The molecule has 2 saturated heterocycles. The van der Waals surface area contributed by atoms with Gasteiger partial charge in [-0.15, -0.1) is 0 Å². The third-order valence-electron chi connectivity index (χ3n) is 13.6. The number of aliphatic hydroxyl groups is 11. The summed E-state index contributed by atoms with van der Waals surface area (Å²) in [6, 6.07) is 0. The van der Waals surface area contributed by atoms with E-state index in [0.717, 1.165) is 25.7 Å². The molecule has 14 unspecified atom stereocenters. The predicted molar refractivity (Wildman–Crippen MR) is 189 cm³/mol. The van der Waals surface area contributed by atoms with Gasteiger partial charge in [-0.2, -0.15) is 0 Å². The van der Waals surface area contributed by atoms with Gasteiger partial charge in [0.1, 0.15) is 48.8 Å². The minimum absolute atomic E-state index is 0.180. The summed E-state index contributed by atoms with van der Waals surface area (Å²) in [7, 11) is 0. The maximum atomic E-state index is 11.6. The van der Waals surface area contributed by atoms with E-state index >= 15 is 0 Å². The highest BCUT2D eigenvalue weighted by Crippen LogP contribution is 2.63. The highest BCUT2D eigenvalue weighted by molar-refractivity contribution is 5.10. The average Bonchev–Trinajstić information content (AvgIpc) is 3.22. The lowest BCUT2D eigenvalue weighted by atomic mass is 9.45. The highest BCUT2D eigenvalue weighted by atomic mass is 16.8. The summed E-state index contributed by atoms with van der Waals surface area (Å²) >= 11 is 0. The van der Waals surface area contributed by atoms with E-state index in [4.69, 9.17) is 23.7 Å². The van der Waals surface area contributed by atoms with Crippen LogP contribution in [0, 0.1) is 28.6 Å². The zero-order valence-corrected chi connectivity index (χ0v) is 31.8. The summed E-state index contributed by atoms with van der Waals surface area (Å²) in [4.78, 5) is 0. The van der Waals surface area contributed by atoms with Gasteiger partial charge in [0, 0.05) is 13.0 Å². The maximum Gasteiger partial charge on any atom is 0.229 e. The Morgan fingerprint density at radius 1 is 0.741 bits per heavy atom. The summed E-state index contributed by atoms with van der Waals surface area (Å²) in [5.74, 6) is 0.0985. The molecule has 3 aliphatic carbocycles. The SMILES string of the molecule is C[C@H]1CCC[C@]2(C)C1CC[C@]1(C)CCCCC(OC(O)/C(OC3OC(CO)C(O)C(O)C3OC3OC(CO)C(O)C(O)C3O)=C(\O)C(O)CCO)CC[C@H]12. The van der Waals surface area contributed by atoms with Crippen molar-refractivity contribution >= 4 is 0 Å². The molecular weight excluding hydrogens is 712 g/mol.